The Kier molecular flexibility index (Phi) is 2.85. The molecule has 5 heteroatoms. The van der Waals surface area contributed by atoms with E-state index >= 15 is 0 Å². The topological polar surface area (TPSA) is 20.3 Å². The van der Waals surface area contributed by atoms with E-state index in [0.29, 0.717) is 25.2 Å². The second-order valence-corrected chi connectivity index (χ2v) is 4.25. The Morgan fingerprint density at radius 2 is 1.87 bits per heavy atom. The maximum atomic E-state index is 13.1. The van der Waals surface area contributed by atoms with Crippen molar-refractivity contribution in [3.05, 3.63) is 28.0 Å². The van der Waals surface area contributed by atoms with Crippen molar-refractivity contribution in [1.82, 2.24) is 0 Å². The smallest absolute Gasteiger partial charge is 0.160 e. The van der Waals surface area contributed by atoms with Crippen LogP contribution in [0.4, 0.5) is 10.1 Å². The van der Waals surface area contributed by atoms with Gasteiger partial charge in [-0.3, -0.25) is 4.79 Å². The summed E-state index contributed by atoms with van der Waals surface area (Å²) in [7, 11) is 0. The van der Waals surface area contributed by atoms with Gasteiger partial charge in [-0.2, -0.15) is 0 Å². The number of hydrogen-bond donors (Lipinski definition) is 0. The van der Waals surface area contributed by atoms with E-state index in [9.17, 15) is 9.18 Å². The van der Waals surface area contributed by atoms with E-state index < -0.39 is 5.82 Å². The third kappa shape index (κ3) is 2.08. The number of ketones is 1. The first-order valence-electron chi connectivity index (χ1n) is 4.49. The zero-order valence-corrected chi connectivity index (χ0v) is 9.28. The lowest BCUT2D eigenvalue weighted by Crippen LogP contribution is -2.19. The van der Waals surface area contributed by atoms with Crippen LogP contribution in [0.25, 0.3) is 0 Å². The van der Waals surface area contributed by atoms with E-state index in [1.54, 1.807) is 0 Å². The van der Waals surface area contributed by atoms with E-state index in [0.717, 1.165) is 0 Å². The first-order valence-corrected chi connectivity index (χ1v) is 5.24. The molecule has 2 nitrogen and oxygen atoms in total. The van der Waals surface area contributed by atoms with Crippen LogP contribution < -0.4 is 4.90 Å². The second kappa shape index (κ2) is 3.99. The van der Waals surface area contributed by atoms with Crippen LogP contribution in [0.1, 0.15) is 6.42 Å². The highest BCUT2D eigenvalue weighted by Gasteiger charge is 2.21. The van der Waals surface area contributed by atoms with Gasteiger partial charge in [0.1, 0.15) is 0 Å². The van der Waals surface area contributed by atoms with Gasteiger partial charge in [0.15, 0.2) is 11.6 Å². The SMILES string of the molecule is O=C1CCN(c2cc(Cl)c(F)c(Cl)c2)C1. The van der Waals surface area contributed by atoms with Crippen LogP contribution in [-0.4, -0.2) is 18.9 Å². The predicted octanol–water partition coefficient (Wildman–Crippen LogP) is 2.91. The third-order valence-corrected chi connectivity index (χ3v) is 2.91. The molecule has 1 aliphatic heterocycles. The van der Waals surface area contributed by atoms with E-state index in [-0.39, 0.29) is 15.8 Å². The monoisotopic (exact) mass is 247 g/mol. The molecule has 1 aromatic carbocycles. The molecule has 80 valence electrons. The minimum Gasteiger partial charge on any atom is -0.364 e. The lowest BCUT2D eigenvalue weighted by atomic mass is 10.3. The number of benzene rings is 1. The predicted molar refractivity (Wildman–Crippen MR) is 58.3 cm³/mol. The number of carbonyl (C=O) groups excluding carboxylic acids is 1. The number of anilines is 1. The minimum atomic E-state index is -0.618. The summed E-state index contributed by atoms with van der Waals surface area (Å²) in [4.78, 5) is 12.9. The van der Waals surface area contributed by atoms with Gasteiger partial charge in [0, 0.05) is 18.7 Å². The summed E-state index contributed by atoms with van der Waals surface area (Å²) in [6.07, 6.45) is 0.520. The Bertz CT molecular complexity index is 399. The van der Waals surface area contributed by atoms with Gasteiger partial charge in [-0.1, -0.05) is 23.2 Å². The van der Waals surface area contributed by atoms with Crippen molar-refractivity contribution in [2.24, 2.45) is 0 Å². The standard InChI is InChI=1S/C10H8Cl2FNO/c11-8-3-6(4-9(12)10(8)13)14-2-1-7(15)5-14/h3-4H,1-2,5H2. The van der Waals surface area contributed by atoms with Gasteiger partial charge in [-0.25, -0.2) is 4.39 Å². The lowest BCUT2D eigenvalue weighted by Gasteiger charge is -2.17. The highest BCUT2D eigenvalue weighted by atomic mass is 35.5. The van der Waals surface area contributed by atoms with Crippen LogP contribution in [0.2, 0.25) is 10.0 Å². The molecule has 0 amide bonds. The van der Waals surface area contributed by atoms with Gasteiger partial charge >= 0.3 is 0 Å². The molecule has 0 spiro atoms. The summed E-state index contributed by atoms with van der Waals surface area (Å²) in [5.74, 6) is -0.445. The number of hydrogen-bond acceptors (Lipinski definition) is 2. The third-order valence-electron chi connectivity index (χ3n) is 2.36. The van der Waals surface area contributed by atoms with Crippen LogP contribution in [0.3, 0.4) is 0 Å². The molecular formula is C10H8Cl2FNO. The van der Waals surface area contributed by atoms with Crippen molar-refractivity contribution in [2.45, 2.75) is 6.42 Å². The molecule has 1 aliphatic rings. The van der Waals surface area contributed by atoms with Gasteiger partial charge in [-0.05, 0) is 12.1 Å². The highest BCUT2D eigenvalue weighted by Crippen LogP contribution is 2.30. The lowest BCUT2D eigenvalue weighted by molar-refractivity contribution is -0.116. The average molecular weight is 248 g/mol. The van der Waals surface area contributed by atoms with Crippen LogP contribution >= 0.6 is 23.2 Å². The summed E-state index contributed by atoms with van der Waals surface area (Å²) >= 11 is 11.3. The fraction of sp³-hybridized carbons (Fsp3) is 0.300. The molecule has 0 radical (unpaired) electrons. The Morgan fingerprint density at radius 1 is 1.27 bits per heavy atom. The molecule has 1 heterocycles. The van der Waals surface area contributed by atoms with Gasteiger partial charge in [0.25, 0.3) is 0 Å². The van der Waals surface area contributed by atoms with E-state index in [1.807, 2.05) is 4.90 Å². The van der Waals surface area contributed by atoms with Crippen LogP contribution in [0, 0.1) is 5.82 Å². The molecule has 0 aliphatic carbocycles. The quantitative estimate of drug-likeness (QED) is 0.712. The zero-order valence-electron chi connectivity index (χ0n) is 7.77. The molecule has 0 saturated carbocycles. The maximum Gasteiger partial charge on any atom is 0.160 e. The largest absolute Gasteiger partial charge is 0.364 e. The summed E-state index contributed by atoms with van der Waals surface area (Å²) in [5, 5.41) is -0.0336. The first kappa shape index (κ1) is 10.7. The fourth-order valence-corrected chi connectivity index (χ4v) is 2.05. The van der Waals surface area contributed by atoms with Gasteiger partial charge < -0.3 is 4.90 Å². The average Bonchev–Trinajstić information content (AvgIpc) is 2.60. The summed E-state index contributed by atoms with van der Waals surface area (Å²) in [5.41, 5.74) is 0.692. The van der Waals surface area contributed by atoms with Crippen molar-refractivity contribution < 1.29 is 9.18 Å². The Balaban J connectivity index is 2.33. The van der Waals surface area contributed by atoms with E-state index in [1.165, 1.54) is 12.1 Å². The van der Waals surface area contributed by atoms with Crippen molar-refractivity contribution in [1.29, 1.82) is 0 Å². The van der Waals surface area contributed by atoms with Gasteiger partial charge in [0.2, 0.25) is 0 Å². The van der Waals surface area contributed by atoms with Gasteiger partial charge in [-0.15, -0.1) is 0 Å². The Morgan fingerprint density at radius 3 is 2.33 bits per heavy atom. The Labute approximate surface area is 96.6 Å². The van der Waals surface area contributed by atoms with Gasteiger partial charge in [0.05, 0.1) is 16.6 Å². The molecule has 1 fully saturated rings. The first-order chi connectivity index (χ1) is 7.08. The number of rotatable bonds is 1. The van der Waals surface area contributed by atoms with Crippen molar-refractivity contribution in [2.75, 3.05) is 18.0 Å². The molecule has 2 rings (SSSR count). The normalized spacial score (nSPS) is 16.2. The molecule has 1 aromatic rings. The maximum absolute atomic E-state index is 13.1. The number of halogens is 3. The molecule has 0 atom stereocenters. The van der Waals surface area contributed by atoms with Crippen molar-refractivity contribution in [3.63, 3.8) is 0 Å². The Hall–Kier alpha value is -0.800. The van der Waals surface area contributed by atoms with Crippen molar-refractivity contribution >= 4 is 34.7 Å². The van der Waals surface area contributed by atoms with E-state index in [2.05, 4.69) is 0 Å². The van der Waals surface area contributed by atoms with Crippen LogP contribution in [0.5, 0.6) is 0 Å². The van der Waals surface area contributed by atoms with E-state index in [4.69, 9.17) is 23.2 Å². The van der Waals surface area contributed by atoms with Crippen LogP contribution in [0.15, 0.2) is 12.1 Å². The number of nitrogens with zero attached hydrogens (tertiary/aromatic N) is 1. The number of Topliss-reactive ketones (excluding diaryl/α,β-unsaturated/α-hetero) is 1. The molecule has 0 unspecified atom stereocenters. The summed E-state index contributed by atoms with van der Waals surface area (Å²) in [6.45, 7) is 0.982. The molecule has 0 bridgehead atoms. The second-order valence-electron chi connectivity index (χ2n) is 3.43. The zero-order chi connectivity index (χ0) is 11.0. The number of carbonyl (C=O) groups is 1. The van der Waals surface area contributed by atoms with Crippen molar-refractivity contribution in [3.8, 4) is 0 Å². The molecule has 0 aromatic heterocycles. The minimum absolute atomic E-state index is 0.0168. The fourth-order valence-electron chi connectivity index (χ4n) is 1.58. The summed E-state index contributed by atoms with van der Waals surface area (Å²) < 4.78 is 13.1. The highest BCUT2D eigenvalue weighted by molar-refractivity contribution is 6.35. The molecule has 0 N–H and O–H groups in total. The molecular weight excluding hydrogens is 240 g/mol. The summed E-state index contributed by atoms with van der Waals surface area (Å²) in [6, 6.07) is 2.97. The molecule has 15 heavy (non-hydrogen) atoms. The molecule has 1 saturated heterocycles. The van der Waals surface area contributed by atoms with Crippen LogP contribution in [-0.2, 0) is 4.79 Å².